The third kappa shape index (κ3) is 2.82. The fourth-order valence-corrected chi connectivity index (χ4v) is 1.37. The monoisotopic (exact) mass is 185 g/mol. The molecular formula is C9H15NO3. The average Bonchev–Trinajstić information content (AvgIpc) is 2.65. The van der Waals surface area contributed by atoms with E-state index in [4.69, 9.17) is 5.11 Å². The van der Waals surface area contributed by atoms with Crippen LogP contribution in [-0.2, 0) is 9.53 Å². The van der Waals surface area contributed by atoms with Crippen LogP contribution in [0.15, 0.2) is 12.2 Å². The van der Waals surface area contributed by atoms with Crippen molar-refractivity contribution in [1.29, 1.82) is 0 Å². The van der Waals surface area contributed by atoms with Gasteiger partial charge < -0.3 is 9.84 Å². The first kappa shape index (κ1) is 10.2. The Kier molecular flexibility index (Phi) is 3.92. The molecule has 0 radical (unpaired) electrons. The second kappa shape index (κ2) is 4.99. The first-order valence-electron chi connectivity index (χ1n) is 4.39. The van der Waals surface area contributed by atoms with Gasteiger partial charge in [-0.05, 0) is 12.8 Å². The van der Waals surface area contributed by atoms with Gasteiger partial charge in [0, 0.05) is 6.04 Å². The molecule has 1 aliphatic carbocycles. The number of methoxy groups -OCH3 is 1. The van der Waals surface area contributed by atoms with Gasteiger partial charge in [0.2, 0.25) is 0 Å². The summed E-state index contributed by atoms with van der Waals surface area (Å²) in [5.74, 6) is -0.414. The van der Waals surface area contributed by atoms with E-state index < -0.39 is 12.0 Å². The number of rotatable bonds is 4. The quantitative estimate of drug-likeness (QED) is 0.471. The summed E-state index contributed by atoms with van der Waals surface area (Å²) in [6.45, 7) is -0.225. The van der Waals surface area contributed by atoms with Gasteiger partial charge in [-0.15, -0.1) is 0 Å². The van der Waals surface area contributed by atoms with Crippen LogP contribution in [0.4, 0.5) is 0 Å². The SMILES string of the molecule is COC(=O)[C@H](CO)N[C@@H]1C=CCC1. The van der Waals surface area contributed by atoms with Crippen molar-refractivity contribution in [3.63, 3.8) is 0 Å². The molecule has 4 nitrogen and oxygen atoms in total. The maximum atomic E-state index is 11.1. The highest BCUT2D eigenvalue weighted by atomic mass is 16.5. The Labute approximate surface area is 77.6 Å². The standard InChI is InChI=1S/C9H15NO3/c1-13-9(12)8(6-11)10-7-4-2-3-5-7/h2,4,7-8,10-11H,3,5-6H2,1H3/t7-,8+/m1/s1. The molecule has 74 valence electrons. The van der Waals surface area contributed by atoms with Crippen LogP contribution >= 0.6 is 0 Å². The van der Waals surface area contributed by atoms with Gasteiger partial charge in [-0.1, -0.05) is 12.2 Å². The topological polar surface area (TPSA) is 58.6 Å². The number of nitrogens with one attached hydrogen (secondary N) is 1. The number of aliphatic hydroxyl groups is 1. The van der Waals surface area contributed by atoms with E-state index in [0.717, 1.165) is 12.8 Å². The highest BCUT2D eigenvalue weighted by molar-refractivity contribution is 5.75. The van der Waals surface area contributed by atoms with Crippen LogP contribution in [0.25, 0.3) is 0 Å². The van der Waals surface area contributed by atoms with Crippen LogP contribution in [-0.4, -0.2) is 36.9 Å². The van der Waals surface area contributed by atoms with Gasteiger partial charge in [0.25, 0.3) is 0 Å². The molecule has 0 fully saturated rings. The Balaban J connectivity index is 2.38. The molecule has 0 aromatic rings. The molecular weight excluding hydrogens is 170 g/mol. The van der Waals surface area contributed by atoms with Crippen LogP contribution in [0, 0.1) is 0 Å². The minimum Gasteiger partial charge on any atom is -0.468 e. The normalized spacial score (nSPS) is 23.1. The fourth-order valence-electron chi connectivity index (χ4n) is 1.37. The lowest BCUT2D eigenvalue weighted by atomic mass is 10.2. The summed E-state index contributed by atoms with van der Waals surface area (Å²) in [6.07, 6.45) is 6.07. The van der Waals surface area contributed by atoms with Gasteiger partial charge in [-0.3, -0.25) is 10.1 Å². The van der Waals surface area contributed by atoms with Gasteiger partial charge in [-0.2, -0.15) is 0 Å². The molecule has 2 atom stereocenters. The molecule has 4 heteroatoms. The second-order valence-corrected chi connectivity index (χ2v) is 3.04. The van der Waals surface area contributed by atoms with E-state index in [-0.39, 0.29) is 12.6 Å². The van der Waals surface area contributed by atoms with Crippen molar-refractivity contribution < 1.29 is 14.6 Å². The summed E-state index contributed by atoms with van der Waals surface area (Å²) in [6, 6.07) is -0.408. The Morgan fingerprint density at radius 1 is 1.85 bits per heavy atom. The Morgan fingerprint density at radius 2 is 2.62 bits per heavy atom. The van der Waals surface area contributed by atoms with Crippen LogP contribution < -0.4 is 5.32 Å². The molecule has 1 aliphatic rings. The van der Waals surface area contributed by atoms with Gasteiger partial charge in [0.1, 0.15) is 6.04 Å². The van der Waals surface area contributed by atoms with E-state index in [9.17, 15) is 4.79 Å². The Morgan fingerprint density at radius 3 is 3.08 bits per heavy atom. The van der Waals surface area contributed by atoms with Crippen LogP contribution in [0.2, 0.25) is 0 Å². The molecule has 0 saturated heterocycles. The minimum atomic E-state index is -0.599. The van der Waals surface area contributed by atoms with Gasteiger partial charge in [0.05, 0.1) is 13.7 Å². The summed E-state index contributed by atoms with van der Waals surface area (Å²) >= 11 is 0. The van der Waals surface area contributed by atoms with Crippen molar-refractivity contribution in [2.75, 3.05) is 13.7 Å². The molecule has 0 aromatic carbocycles. The molecule has 0 aromatic heterocycles. The number of carbonyl (C=O) groups excluding carboxylic acids is 1. The molecule has 0 unspecified atom stereocenters. The highest BCUT2D eigenvalue weighted by Crippen LogP contribution is 2.09. The van der Waals surface area contributed by atoms with Crippen molar-refractivity contribution in [3.05, 3.63) is 12.2 Å². The van der Waals surface area contributed by atoms with Crippen molar-refractivity contribution in [3.8, 4) is 0 Å². The van der Waals surface area contributed by atoms with Crippen LogP contribution in [0.1, 0.15) is 12.8 Å². The number of ether oxygens (including phenoxy) is 1. The maximum absolute atomic E-state index is 11.1. The third-order valence-corrected chi connectivity index (χ3v) is 2.10. The molecule has 2 N–H and O–H groups in total. The first-order chi connectivity index (χ1) is 6.27. The maximum Gasteiger partial charge on any atom is 0.325 e. The number of hydrogen-bond donors (Lipinski definition) is 2. The summed E-state index contributed by atoms with van der Waals surface area (Å²) in [5, 5.41) is 11.9. The molecule has 0 aliphatic heterocycles. The molecule has 0 bridgehead atoms. The molecule has 1 rings (SSSR count). The van der Waals surface area contributed by atoms with Gasteiger partial charge in [-0.25, -0.2) is 0 Å². The van der Waals surface area contributed by atoms with E-state index >= 15 is 0 Å². The van der Waals surface area contributed by atoms with Crippen LogP contribution in [0.5, 0.6) is 0 Å². The van der Waals surface area contributed by atoms with Crippen molar-refractivity contribution in [2.24, 2.45) is 0 Å². The minimum absolute atomic E-state index is 0.191. The van der Waals surface area contributed by atoms with Gasteiger partial charge >= 0.3 is 5.97 Å². The Hall–Kier alpha value is -0.870. The zero-order valence-electron chi connectivity index (χ0n) is 7.69. The second-order valence-electron chi connectivity index (χ2n) is 3.04. The third-order valence-electron chi connectivity index (χ3n) is 2.10. The average molecular weight is 185 g/mol. The van der Waals surface area contributed by atoms with Crippen LogP contribution in [0.3, 0.4) is 0 Å². The molecule has 0 saturated carbocycles. The van der Waals surface area contributed by atoms with E-state index in [1.165, 1.54) is 7.11 Å². The molecule has 13 heavy (non-hydrogen) atoms. The Bertz CT molecular complexity index is 203. The lowest BCUT2D eigenvalue weighted by Gasteiger charge is -2.17. The lowest BCUT2D eigenvalue weighted by molar-refractivity contribution is -0.144. The predicted octanol–water partition coefficient (Wildman–Crippen LogP) is -0.172. The first-order valence-corrected chi connectivity index (χ1v) is 4.39. The zero-order chi connectivity index (χ0) is 9.68. The summed E-state index contributed by atoms with van der Waals surface area (Å²) < 4.78 is 4.53. The number of aliphatic hydroxyl groups excluding tert-OH is 1. The molecule has 0 spiro atoms. The summed E-state index contributed by atoms with van der Waals surface area (Å²) in [7, 11) is 1.32. The largest absolute Gasteiger partial charge is 0.468 e. The number of esters is 1. The highest BCUT2D eigenvalue weighted by Gasteiger charge is 2.21. The summed E-state index contributed by atoms with van der Waals surface area (Å²) in [5.41, 5.74) is 0. The number of hydrogen-bond acceptors (Lipinski definition) is 4. The van der Waals surface area contributed by atoms with E-state index in [1.807, 2.05) is 6.08 Å². The predicted molar refractivity (Wildman–Crippen MR) is 48.2 cm³/mol. The number of allylic oxidation sites excluding steroid dienone is 1. The van der Waals surface area contributed by atoms with E-state index in [1.54, 1.807) is 0 Å². The van der Waals surface area contributed by atoms with E-state index in [0.29, 0.717) is 0 Å². The lowest BCUT2D eigenvalue weighted by Crippen LogP contribution is -2.44. The fraction of sp³-hybridized carbons (Fsp3) is 0.667. The smallest absolute Gasteiger partial charge is 0.325 e. The molecule has 0 heterocycles. The number of carbonyl (C=O) groups is 1. The molecule has 0 amide bonds. The summed E-state index contributed by atoms with van der Waals surface area (Å²) in [4.78, 5) is 11.1. The van der Waals surface area contributed by atoms with Crippen molar-refractivity contribution in [2.45, 2.75) is 24.9 Å². The van der Waals surface area contributed by atoms with Gasteiger partial charge in [0.15, 0.2) is 0 Å². The zero-order valence-corrected chi connectivity index (χ0v) is 7.69. The van der Waals surface area contributed by atoms with Crippen molar-refractivity contribution >= 4 is 5.97 Å². The van der Waals surface area contributed by atoms with E-state index in [2.05, 4.69) is 16.1 Å². The van der Waals surface area contributed by atoms with Crippen molar-refractivity contribution in [1.82, 2.24) is 5.32 Å².